The van der Waals surface area contributed by atoms with Gasteiger partial charge in [-0.25, -0.2) is 8.42 Å². The minimum atomic E-state index is -4.20. The fraction of sp³-hybridized carbons (Fsp3) is 0.375. The Morgan fingerprint density at radius 3 is 2.14 bits per heavy atom. The van der Waals surface area contributed by atoms with E-state index in [4.69, 9.17) is 27.9 Å². The number of carbonyl (C=O) groups is 2. The molecule has 1 N–H and O–H groups in total. The molecular weight excluding hydrogens is 609 g/mol. The second kappa shape index (κ2) is 15.5. The highest BCUT2D eigenvalue weighted by Crippen LogP contribution is 2.28. The third-order valence-electron chi connectivity index (χ3n) is 7.07. The molecule has 3 aromatic rings. The minimum Gasteiger partial charge on any atom is -0.494 e. The van der Waals surface area contributed by atoms with Gasteiger partial charge in [0.05, 0.1) is 17.2 Å². The predicted octanol–water partition coefficient (Wildman–Crippen LogP) is 6.62. The lowest BCUT2D eigenvalue weighted by Crippen LogP contribution is -2.53. The zero-order chi connectivity index (χ0) is 31.7. The van der Waals surface area contributed by atoms with Crippen LogP contribution in [0.4, 0.5) is 5.69 Å². The van der Waals surface area contributed by atoms with Crippen molar-refractivity contribution in [3.05, 3.63) is 87.9 Å². The average molecular weight is 649 g/mol. The van der Waals surface area contributed by atoms with E-state index in [1.807, 2.05) is 27.7 Å². The lowest BCUT2D eigenvalue weighted by Gasteiger charge is -2.34. The summed E-state index contributed by atoms with van der Waals surface area (Å²) in [6.45, 7) is 9.24. The first kappa shape index (κ1) is 34.2. The molecule has 0 bridgehead atoms. The van der Waals surface area contributed by atoms with Crippen LogP contribution in [-0.4, -0.2) is 50.4 Å². The highest BCUT2D eigenvalue weighted by Gasteiger charge is 2.34. The number of anilines is 1. The molecule has 2 amide bonds. The van der Waals surface area contributed by atoms with Gasteiger partial charge in [0.1, 0.15) is 18.3 Å². The third kappa shape index (κ3) is 8.87. The fourth-order valence-electron chi connectivity index (χ4n) is 4.44. The van der Waals surface area contributed by atoms with Gasteiger partial charge in [-0.3, -0.25) is 13.9 Å². The number of sulfonamides is 1. The number of benzene rings is 3. The Bertz CT molecular complexity index is 1500. The number of rotatable bonds is 14. The molecule has 0 saturated carbocycles. The maximum Gasteiger partial charge on any atom is 0.264 e. The number of aryl methyl sites for hydroxylation is 1. The summed E-state index contributed by atoms with van der Waals surface area (Å²) in [5.74, 6) is -0.359. The van der Waals surface area contributed by atoms with Crippen LogP contribution in [0.5, 0.6) is 5.75 Å². The number of hydrogen-bond acceptors (Lipinski definition) is 5. The number of ether oxygens (including phenoxy) is 1. The van der Waals surface area contributed by atoms with E-state index in [1.165, 1.54) is 17.0 Å². The fourth-order valence-corrected chi connectivity index (χ4v) is 6.32. The van der Waals surface area contributed by atoms with Crippen LogP contribution in [0.3, 0.4) is 0 Å². The van der Waals surface area contributed by atoms with Crippen molar-refractivity contribution >= 4 is 50.7 Å². The standard InChI is InChI=1S/C32H39Cl2N3O5S/c1-6-23(5)35-32(39)30(7-2)36(20-24-11-12-25(33)19-29(24)34)31(38)21-37(26-13-9-22(4)10-14-26)43(40,41)28-17-15-27(16-18-28)42-8-3/h9-19,23,30H,6-8,20-21H2,1-5H3,(H,35,39)/t23-,30+/m1/s1. The molecule has 0 fully saturated rings. The summed E-state index contributed by atoms with van der Waals surface area (Å²) in [5, 5.41) is 3.72. The molecule has 0 radical (unpaired) electrons. The molecule has 3 aromatic carbocycles. The minimum absolute atomic E-state index is 0.00169. The Labute approximate surface area is 265 Å². The monoisotopic (exact) mass is 647 g/mol. The van der Waals surface area contributed by atoms with Crippen molar-refractivity contribution in [2.45, 2.75) is 71.0 Å². The Balaban J connectivity index is 2.07. The van der Waals surface area contributed by atoms with Gasteiger partial charge in [-0.05, 0) is 87.7 Å². The average Bonchev–Trinajstić information content (AvgIpc) is 2.97. The van der Waals surface area contributed by atoms with Crippen molar-refractivity contribution in [3.8, 4) is 5.75 Å². The molecule has 3 rings (SSSR count). The largest absolute Gasteiger partial charge is 0.494 e. The van der Waals surface area contributed by atoms with E-state index in [2.05, 4.69) is 5.32 Å². The van der Waals surface area contributed by atoms with E-state index in [9.17, 15) is 18.0 Å². The van der Waals surface area contributed by atoms with Crippen LogP contribution in [-0.2, 0) is 26.2 Å². The second-order valence-electron chi connectivity index (χ2n) is 10.3. The van der Waals surface area contributed by atoms with Gasteiger partial charge in [-0.2, -0.15) is 0 Å². The molecule has 0 unspecified atom stereocenters. The molecule has 0 heterocycles. The Morgan fingerprint density at radius 2 is 1.58 bits per heavy atom. The smallest absolute Gasteiger partial charge is 0.264 e. The van der Waals surface area contributed by atoms with Crippen LogP contribution in [0.25, 0.3) is 0 Å². The molecule has 8 nitrogen and oxygen atoms in total. The molecule has 232 valence electrons. The van der Waals surface area contributed by atoms with E-state index >= 15 is 0 Å². The Hall–Kier alpha value is -3.27. The maximum absolute atomic E-state index is 14.2. The summed E-state index contributed by atoms with van der Waals surface area (Å²) in [5.41, 5.74) is 1.82. The van der Waals surface area contributed by atoms with E-state index in [1.54, 1.807) is 61.5 Å². The number of carbonyl (C=O) groups excluding carboxylic acids is 2. The van der Waals surface area contributed by atoms with Gasteiger partial charge in [0.2, 0.25) is 11.8 Å². The predicted molar refractivity (Wildman–Crippen MR) is 172 cm³/mol. The van der Waals surface area contributed by atoms with Gasteiger partial charge in [0.25, 0.3) is 10.0 Å². The summed E-state index contributed by atoms with van der Waals surface area (Å²) in [6.07, 6.45) is 1.01. The molecule has 0 spiro atoms. The van der Waals surface area contributed by atoms with E-state index in [0.717, 1.165) is 9.87 Å². The van der Waals surface area contributed by atoms with Gasteiger partial charge >= 0.3 is 0 Å². The SMILES string of the molecule is CCOc1ccc(S(=O)(=O)N(CC(=O)N(Cc2ccc(Cl)cc2Cl)[C@@H](CC)C(=O)N[C@H](C)CC)c2ccc(C)cc2)cc1. The lowest BCUT2D eigenvalue weighted by atomic mass is 10.1. The zero-order valence-corrected chi connectivity index (χ0v) is 27.5. The molecule has 0 aliphatic rings. The summed E-state index contributed by atoms with van der Waals surface area (Å²) in [6, 6.07) is 16.8. The summed E-state index contributed by atoms with van der Waals surface area (Å²) in [4.78, 5) is 29.0. The van der Waals surface area contributed by atoms with Crippen molar-refractivity contribution in [1.82, 2.24) is 10.2 Å². The summed E-state index contributed by atoms with van der Waals surface area (Å²) < 4.78 is 34.6. The van der Waals surface area contributed by atoms with Crippen molar-refractivity contribution in [2.24, 2.45) is 0 Å². The van der Waals surface area contributed by atoms with Gasteiger partial charge in [0, 0.05) is 22.6 Å². The first-order valence-corrected chi connectivity index (χ1v) is 16.5. The van der Waals surface area contributed by atoms with Crippen LogP contribution in [0, 0.1) is 6.92 Å². The van der Waals surface area contributed by atoms with Gasteiger partial charge in [-0.1, -0.05) is 60.8 Å². The van der Waals surface area contributed by atoms with Crippen LogP contribution in [0.2, 0.25) is 10.0 Å². The molecule has 43 heavy (non-hydrogen) atoms. The number of nitrogens with one attached hydrogen (secondary N) is 1. The molecule has 0 aromatic heterocycles. The lowest BCUT2D eigenvalue weighted by molar-refractivity contribution is -0.140. The summed E-state index contributed by atoms with van der Waals surface area (Å²) in [7, 11) is -4.20. The van der Waals surface area contributed by atoms with E-state index < -0.39 is 28.5 Å². The summed E-state index contributed by atoms with van der Waals surface area (Å²) >= 11 is 12.6. The van der Waals surface area contributed by atoms with Crippen molar-refractivity contribution in [2.75, 3.05) is 17.5 Å². The van der Waals surface area contributed by atoms with Crippen LogP contribution < -0.4 is 14.4 Å². The number of hydrogen-bond donors (Lipinski definition) is 1. The van der Waals surface area contributed by atoms with Crippen molar-refractivity contribution < 1.29 is 22.7 Å². The van der Waals surface area contributed by atoms with Gasteiger partial charge in [-0.15, -0.1) is 0 Å². The Kier molecular flexibility index (Phi) is 12.3. The number of halogens is 2. The first-order chi connectivity index (χ1) is 20.4. The van der Waals surface area contributed by atoms with Crippen molar-refractivity contribution in [1.29, 1.82) is 0 Å². The van der Waals surface area contributed by atoms with Crippen LogP contribution in [0.1, 0.15) is 51.7 Å². The van der Waals surface area contributed by atoms with Gasteiger partial charge in [0.15, 0.2) is 0 Å². The molecule has 0 aliphatic carbocycles. The third-order valence-corrected chi connectivity index (χ3v) is 9.44. The topological polar surface area (TPSA) is 96.0 Å². The normalized spacial score (nSPS) is 12.7. The van der Waals surface area contributed by atoms with Gasteiger partial charge < -0.3 is 15.0 Å². The van der Waals surface area contributed by atoms with Crippen LogP contribution >= 0.6 is 23.2 Å². The number of nitrogens with zero attached hydrogens (tertiary/aromatic N) is 2. The second-order valence-corrected chi connectivity index (χ2v) is 13.0. The van der Waals surface area contributed by atoms with Crippen LogP contribution in [0.15, 0.2) is 71.6 Å². The molecule has 11 heteroatoms. The highest BCUT2D eigenvalue weighted by molar-refractivity contribution is 7.92. The maximum atomic E-state index is 14.2. The van der Waals surface area contributed by atoms with E-state index in [0.29, 0.717) is 46.5 Å². The quantitative estimate of drug-likeness (QED) is 0.212. The number of amides is 2. The molecule has 0 aliphatic heterocycles. The van der Waals surface area contributed by atoms with Crippen molar-refractivity contribution in [3.63, 3.8) is 0 Å². The Morgan fingerprint density at radius 1 is 0.930 bits per heavy atom. The first-order valence-electron chi connectivity index (χ1n) is 14.3. The van der Waals surface area contributed by atoms with E-state index in [-0.39, 0.29) is 23.4 Å². The zero-order valence-electron chi connectivity index (χ0n) is 25.1. The molecule has 2 atom stereocenters. The highest BCUT2D eigenvalue weighted by atomic mass is 35.5. The molecular formula is C32H39Cl2N3O5S. The molecule has 0 saturated heterocycles.